The molecule has 0 aromatic carbocycles. The molecule has 1 N–H and O–H groups in total. The number of aryl methyl sites for hydroxylation is 2. The van der Waals surface area contributed by atoms with Gasteiger partial charge in [0.2, 0.25) is 0 Å². The Bertz CT molecular complexity index is 1140. The van der Waals surface area contributed by atoms with Crippen LogP contribution in [0.5, 0.6) is 0 Å². The number of aromatic nitrogens is 7. The van der Waals surface area contributed by atoms with Crippen molar-refractivity contribution in [3.05, 3.63) is 36.3 Å². The van der Waals surface area contributed by atoms with E-state index in [2.05, 4.69) is 38.2 Å². The van der Waals surface area contributed by atoms with Crippen LogP contribution in [0, 0.1) is 6.92 Å². The number of nitrogens with one attached hydrogen (secondary N) is 1. The largest absolute Gasteiger partial charge is 0.377 e. The molecule has 5 rings (SSSR count). The number of anilines is 1. The Balaban J connectivity index is 1.75. The SMILES string of the molecule is Cc1cc(-c2ncc3c(-c4ccnn4C)cc(N4CCOCC4C)nn23)n[nH]1. The molecule has 1 aliphatic rings. The van der Waals surface area contributed by atoms with Crippen molar-refractivity contribution in [1.29, 1.82) is 0 Å². The third-order valence-corrected chi connectivity index (χ3v) is 5.18. The lowest BCUT2D eigenvalue weighted by molar-refractivity contribution is 0.0984. The highest BCUT2D eigenvalue weighted by molar-refractivity contribution is 5.81. The number of fused-ring (bicyclic) bond motifs is 1. The maximum atomic E-state index is 5.61. The van der Waals surface area contributed by atoms with Crippen molar-refractivity contribution < 1.29 is 4.74 Å². The van der Waals surface area contributed by atoms with Crippen LogP contribution in [0.25, 0.3) is 28.3 Å². The Labute approximate surface area is 161 Å². The lowest BCUT2D eigenvalue weighted by atomic mass is 10.1. The Morgan fingerprint density at radius 3 is 2.89 bits per heavy atom. The topological polar surface area (TPSA) is 89.2 Å². The second-order valence-corrected chi connectivity index (χ2v) is 7.19. The van der Waals surface area contributed by atoms with Gasteiger partial charge in [-0.3, -0.25) is 9.78 Å². The summed E-state index contributed by atoms with van der Waals surface area (Å²) in [4.78, 5) is 6.91. The predicted molar refractivity (Wildman–Crippen MR) is 105 cm³/mol. The van der Waals surface area contributed by atoms with Crippen LogP contribution in [0.4, 0.5) is 5.82 Å². The fourth-order valence-electron chi connectivity index (χ4n) is 3.72. The number of hydrogen-bond donors (Lipinski definition) is 1. The normalized spacial score (nSPS) is 17.5. The average Bonchev–Trinajstić information content (AvgIpc) is 3.41. The molecule has 4 aromatic heterocycles. The van der Waals surface area contributed by atoms with Crippen molar-refractivity contribution in [3.63, 3.8) is 0 Å². The van der Waals surface area contributed by atoms with Crippen molar-refractivity contribution >= 4 is 11.3 Å². The minimum atomic E-state index is 0.248. The van der Waals surface area contributed by atoms with Crippen LogP contribution in [0.2, 0.25) is 0 Å². The molecule has 1 fully saturated rings. The standard InChI is InChI=1S/C19H22N8O/c1-12-8-15(23-22-12)19-20-10-17-14(16-4-5-21-25(16)3)9-18(24-27(17)19)26-6-7-28-11-13(26)2/h4-5,8-10,13H,6-7,11H2,1-3H3,(H,22,23). The number of nitrogens with zero attached hydrogens (tertiary/aromatic N) is 7. The first-order valence-corrected chi connectivity index (χ1v) is 9.36. The van der Waals surface area contributed by atoms with Gasteiger partial charge in [0.1, 0.15) is 5.69 Å². The Kier molecular flexibility index (Phi) is 3.90. The number of rotatable bonds is 3. The second-order valence-electron chi connectivity index (χ2n) is 7.19. The zero-order valence-corrected chi connectivity index (χ0v) is 16.1. The molecule has 28 heavy (non-hydrogen) atoms. The van der Waals surface area contributed by atoms with Gasteiger partial charge in [0.25, 0.3) is 0 Å². The summed E-state index contributed by atoms with van der Waals surface area (Å²) in [7, 11) is 1.94. The summed E-state index contributed by atoms with van der Waals surface area (Å²) < 4.78 is 9.36. The van der Waals surface area contributed by atoms with Gasteiger partial charge in [-0.2, -0.15) is 10.2 Å². The van der Waals surface area contributed by atoms with Crippen LogP contribution >= 0.6 is 0 Å². The minimum absolute atomic E-state index is 0.248. The molecule has 144 valence electrons. The van der Waals surface area contributed by atoms with E-state index < -0.39 is 0 Å². The maximum Gasteiger partial charge on any atom is 0.182 e. The molecule has 0 spiro atoms. The summed E-state index contributed by atoms with van der Waals surface area (Å²) in [5.74, 6) is 1.61. The summed E-state index contributed by atoms with van der Waals surface area (Å²) in [5, 5.41) is 16.6. The highest BCUT2D eigenvalue weighted by Gasteiger charge is 2.24. The van der Waals surface area contributed by atoms with Crippen LogP contribution in [0.3, 0.4) is 0 Å². The van der Waals surface area contributed by atoms with E-state index in [-0.39, 0.29) is 6.04 Å². The lowest BCUT2D eigenvalue weighted by Gasteiger charge is -2.34. The average molecular weight is 378 g/mol. The van der Waals surface area contributed by atoms with E-state index in [1.54, 1.807) is 6.20 Å². The highest BCUT2D eigenvalue weighted by atomic mass is 16.5. The molecule has 1 unspecified atom stereocenters. The van der Waals surface area contributed by atoms with E-state index in [1.807, 2.05) is 41.5 Å². The highest BCUT2D eigenvalue weighted by Crippen LogP contribution is 2.31. The van der Waals surface area contributed by atoms with Crippen LogP contribution in [-0.2, 0) is 11.8 Å². The van der Waals surface area contributed by atoms with Crippen molar-refractivity contribution in [2.75, 3.05) is 24.7 Å². The van der Waals surface area contributed by atoms with Gasteiger partial charge in [-0.1, -0.05) is 0 Å². The van der Waals surface area contributed by atoms with Gasteiger partial charge in [-0.05, 0) is 32.0 Å². The Morgan fingerprint density at radius 1 is 1.29 bits per heavy atom. The van der Waals surface area contributed by atoms with Crippen molar-refractivity contribution in [1.82, 2.24) is 34.6 Å². The van der Waals surface area contributed by atoms with Gasteiger partial charge in [0.15, 0.2) is 11.6 Å². The summed E-state index contributed by atoms with van der Waals surface area (Å²) in [5.41, 5.74) is 4.72. The van der Waals surface area contributed by atoms with Crippen molar-refractivity contribution in [2.24, 2.45) is 7.05 Å². The van der Waals surface area contributed by atoms with E-state index in [0.29, 0.717) is 19.0 Å². The third kappa shape index (κ3) is 2.66. The molecule has 5 heterocycles. The Hall–Kier alpha value is -3.20. The van der Waals surface area contributed by atoms with Gasteiger partial charge in [-0.15, -0.1) is 5.10 Å². The fraction of sp³-hybridized carbons (Fsp3) is 0.368. The van der Waals surface area contributed by atoms with Gasteiger partial charge in [-0.25, -0.2) is 9.50 Å². The molecule has 9 heteroatoms. The predicted octanol–water partition coefficient (Wildman–Crippen LogP) is 2.05. The first kappa shape index (κ1) is 16.9. The molecule has 1 aliphatic heterocycles. The van der Waals surface area contributed by atoms with Gasteiger partial charge in [0, 0.05) is 31.0 Å². The molecule has 9 nitrogen and oxygen atoms in total. The zero-order chi connectivity index (χ0) is 19.3. The lowest BCUT2D eigenvalue weighted by Crippen LogP contribution is -2.44. The molecule has 0 bridgehead atoms. The first-order chi connectivity index (χ1) is 13.6. The van der Waals surface area contributed by atoms with Crippen LogP contribution in [-0.4, -0.2) is 60.4 Å². The zero-order valence-electron chi connectivity index (χ0n) is 16.1. The van der Waals surface area contributed by atoms with Crippen LogP contribution < -0.4 is 4.90 Å². The summed E-state index contributed by atoms with van der Waals surface area (Å²) in [6, 6.07) is 6.35. The van der Waals surface area contributed by atoms with Crippen molar-refractivity contribution in [2.45, 2.75) is 19.9 Å². The third-order valence-electron chi connectivity index (χ3n) is 5.18. The molecule has 0 saturated carbocycles. The van der Waals surface area contributed by atoms with Crippen LogP contribution in [0.1, 0.15) is 12.6 Å². The van der Waals surface area contributed by atoms with E-state index in [1.165, 1.54) is 0 Å². The van der Waals surface area contributed by atoms with Gasteiger partial charge in [0.05, 0.1) is 36.7 Å². The van der Waals surface area contributed by atoms with E-state index in [9.17, 15) is 0 Å². The smallest absolute Gasteiger partial charge is 0.182 e. The van der Waals surface area contributed by atoms with Crippen LogP contribution in [0.15, 0.2) is 30.6 Å². The Morgan fingerprint density at radius 2 is 2.18 bits per heavy atom. The molecule has 0 amide bonds. The molecular formula is C19H22N8O. The van der Waals surface area contributed by atoms with E-state index >= 15 is 0 Å². The molecule has 4 aromatic rings. The number of aromatic amines is 1. The number of hydrogen-bond acceptors (Lipinski definition) is 6. The quantitative estimate of drug-likeness (QED) is 0.587. The molecule has 0 aliphatic carbocycles. The monoisotopic (exact) mass is 378 g/mol. The number of imidazole rings is 1. The van der Waals surface area contributed by atoms with E-state index in [0.717, 1.165) is 40.5 Å². The molecule has 0 radical (unpaired) electrons. The van der Waals surface area contributed by atoms with Crippen molar-refractivity contribution in [3.8, 4) is 22.8 Å². The minimum Gasteiger partial charge on any atom is -0.377 e. The molecule has 1 atom stereocenters. The van der Waals surface area contributed by atoms with Gasteiger partial charge >= 0.3 is 0 Å². The number of morpholine rings is 1. The second kappa shape index (κ2) is 6.45. The summed E-state index contributed by atoms with van der Waals surface area (Å²) in [6.45, 7) is 6.31. The molecule has 1 saturated heterocycles. The molecular weight excluding hydrogens is 356 g/mol. The van der Waals surface area contributed by atoms with E-state index in [4.69, 9.17) is 9.84 Å². The summed E-state index contributed by atoms with van der Waals surface area (Å²) >= 11 is 0. The fourth-order valence-corrected chi connectivity index (χ4v) is 3.72. The number of ether oxygens (including phenoxy) is 1. The number of H-pyrrole nitrogens is 1. The first-order valence-electron chi connectivity index (χ1n) is 9.36. The van der Waals surface area contributed by atoms with Gasteiger partial charge < -0.3 is 9.64 Å². The summed E-state index contributed by atoms with van der Waals surface area (Å²) in [6.07, 6.45) is 3.65. The maximum absolute atomic E-state index is 5.61.